The highest BCUT2D eigenvalue weighted by Crippen LogP contribution is 2.18. The molecule has 0 bridgehead atoms. The summed E-state index contributed by atoms with van der Waals surface area (Å²) in [6, 6.07) is 0. The van der Waals surface area contributed by atoms with Crippen molar-refractivity contribution in [3.05, 3.63) is 0 Å². The van der Waals surface area contributed by atoms with Gasteiger partial charge in [0.15, 0.2) is 0 Å². The molecule has 1 atom stereocenters. The van der Waals surface area contributed by atoms with Gasteiger partial charge in [0, 0.05) is 31.7 Å². The summed E-state index contributed by atoms with van der Waals surface area (Å²) in [5.74, 6) is 0. The molecule has 1 unspecified atom stereocenters. The third kappa shape index (κ3) is 3.53. The van der Waals surface area contributed by atoms with E-state index in [1.54, 1.807) is 0 Å². The normalized spacial score (nSPS) is 23.4. The standard InChI is InChI=1S/C10H22N2O2/c1-3-10(2,9-13)8-11-12-4-6-14-7-5-12/h11,13H,3-9H2,1-2H3. The summed E-state index contributed by atoms with van der Waals surface area (Å²) in [4.78, 5) is 0. The lowest BCUT2D eigenvalue weighted by Gasteiger charge is -2.32. The molecule has 0 aliphatic carbocycles. The monoisotopic (exact) mass is 202 g/mol. The molecule has 1 aliphatic rings. The van der Waals surface area contributed by atoms with Crippen LogP contribution in [0.15, 0.2) is 0 Å². The lowest BCUT2D eigenvalue weighted by Crippen LogP contribution is -2.49. The summed E-state index contributed by atoms with van der Waals surface area (Å²) in [5, 5.41) is 11.4. The molecule has 0 radical (unpaired) electrons. The largest absolute Gasteiger partial charge is 0.396 e. The van der Waals surface area contributed by atoms with Gasteiger partial charge >= 0.3 is 0 Å². The van der Waals surface area contributed by atoms with Crippen LogP contribution in [0, 0.1) is 5.41 Å². The van der Waals surface area contributed by atoms with Crippen molar-refractivity contribution in [3.8, 4) is 0 Å². The van der Waals surface area contributed by atoms with Gasteiger partial charge < -0.3 is 9.84 Å². The maximum atomic E-state index is 9.23. The maximum Gasteiger partial charge on any atom is 0.0608 e. The number of ether oxygens (including phenoxy) is 1. The fourth-order valence-corrected chi connectivity index (χ4v) is 1.32. The Balaban J connectivity index is 2.23. The van der Waals surface area contributed by atoms with Crippen LogP contribution in [0.1, 0.15) is 20.3 Å². The third-order valence-electron chi connectivity index (χ3n) is 2.98. The van der Waals surface area contributed by atoms with Crippen LogP contribution in [0.2, 0.25) is 0 Å². The first-order valence-corrected chi connectivity index (χ1v) is 5.37. The minimum absolute atomic E-state index is 0.00168. The highest BCUT2D eigenvalue weighted by Gasteiger charge is 2.22. The van der Waals surface area contributed by atoms with Gasteiger partial charge in [0.25, 0.3) is 0 Å². The Hall–Kier alpha value is -0.160. The van der Waals surface area contributed by atoms with E-state index < -0.39 is 0 Å². The highest BCUT2D eigenvalue weighted by molar-refractivity contribution is 4.74. The van der Waals surface area contributed by atoms with Crippen molar-refractivity contribution in [1.29, 1.82) is 0 Å². The van der Waals surface area contributed by atoms with Crippen LogP contribution in [0.4, 0.5) is 0 Å². The van der Waals surface area contributed by atoms with E-state index in [9.17, 15) is 5.11 Å². The first kappa shape index (κ1) is 11.9. The Bertz CT molecular complexity index is 154. The Kier molecular flexibility index (Phi) is 4.81. The molecule has 1 heterocycles. The molecule has 1 aliphatic heterocycles. The molecule has 0 amide bonds. The number of rotatable bonds is 5. The van der Waals surface area contributed by atoms with Gasteiger partial charge in [-0.2, -0.15) is 0 Å². The average Bonchev–Trinajstić information content (AvgIpc) is 2.27. The Morgan fingerprint density at radius 3 is 2.57 bits per heavy atom. The van der Waals surface area contributed by atoms with Crippen LogP contribution in [-0.2, 0) is 4.74 Å². The summed E-state index contributed by atoms with van der Waals surface area (Å²) in [6.07, 6.45) is 0.987. The molecule has 84 valence electrons. The quantitative estimate of drug-likeness (QED) is 0.670. The number of hydrogen-bond acceptors (Lipinski definition) is 4. The van der Waals surface area contributed by atoms with E-state index in [0.717, 1.165) is 39.3 Å². The van der Waals surface area contributed by atoms with Gasteiger partial charge in [-0.3, -0.25) is 5.43 Å². The Morgan fingerprint density at radius 2 is 2.07 bits per heavy atom. The van der Waals surface area contributed by atoms with Crippen molar-refractivity contribution >= 4 is 0 Å². The summed E-state index contributed by atoms with van der Waals surface area (Å²) in [6.45, 7) is 8.75. The van der Waals surface area contributed by atoms with E-state index in [1.807, 2.05) is 0 Å². The summed E-state index contributed by atoms with van der Waals surface area (Å²) in [7, 11) is 0. The van der Waals surface area contributed by atoms with E-state index in [4.69, 9.17) is 4.74 Å². The molecule has 4 heteroatoms. The molecule has 0 aromatic rings. The number of aliphatic hydroxyl groups excluding tert-OH is 1. The molecule has 1 rings (SSSR count). The molecule has 2 N–H and O–H groups in total. The molecule has 14 heavy (non-hydrogen) atoms. The average molecular weight is 202 g/mol. The van der Waals surface area contributed by atoms with Gasteiger partial charge in [-0.1, -0.05) is 13.8 Å². The second-order valence-electron chi connectivity index (χ2n) is 4.26. The zero-order chi connectivity index (χ0) is 10.4. The summed E-state index contributed by atoms with van der Waals surface area (Å²) >= 11 is 0. The summed E-state index contributed by atoms with van der Waals surface area (Å²) in [5.41, 5.74) is 3.36. The molecular formula is C10H22N2O2. The van der Waals surface area contributed by atoms with Crippen molar-refractivity contribution in [2.45, 2.75) is 20.3 Å². The molecule has 0 aromatic carbocycles. The first-order chi connectivity index (χ1) is 6.70. The minimum Gasteiger partial charge on any atom is -0.396 e. The third-order valence-corrected chi connectivity index (χ3v) is 2.98. The molecule has 1 saturated heterocycles. The maximum absolute atomic E-state index is 9.23. The zero-order valence-electron chi connectivity index (χ0n) is 9.25. The number of morpholine rings is 1. The van der Waals surface area contributed by atoms with E-state index >= 15 is 0 Å². The zero-order valence-corrected chi connectivity index (χ0v) is 9.25. The van der Waals surface area contributed by atoms with Crippen LogP contribution in [0.25, 0.3) is 0 Å². The highest BCUT2D eigenvalue weighted by atomic mass is 16.5. The molecule has 0 aromatic heterocycles. The topological polar surface area (TPSA) is 44.7 Å². The molecule has 0 saturated carbocycles. The number of aliphatic hydroxyl groups is 1. The number of nitrogens with zero attached hydrogens (tertiary/aromatic N) is 1. The lowest BCUT2D eigenvalue weighted by atomic mass is 9.89. The molecule has 0 spiro atoms. The van der Waals surface area contributed by atoms with Gasteiger partial charge in [0.1, 0.15) is 0 Å². The van der Waals surface area contributed by atoms with Crippen LogP contribution in [0.3, 0.4) is 0 Å². The van der Waals surface area contributed by atoms with Crippen LogP contribution in [0.5, 0.6) is 0 Å². The number of hydrazine groups is 1. The second kappa shape index (κ2) is 5.66. The predicted molar refractivity (Wildman–Crippen MR) is 55.9 cm³/mol. The van der Waals surface area contributed by atoms with Gasteiger partial charge in [0.05, 0.1) is 13.2 Å². The fourth-order valence-electron chi connectivity index (χ4n) is 1.32. The molecule has 4 nitrogen and oxygen atoms in total. The van der Waals surface area contributed by atoms with Crippen molar-refractivity contribution in [2.24, 2.45) is 5.41 Å². The second-order valence-corrected chi connectivity index (χ2v) is 4.26. The summed E-state index contributed by atoms with van der Waals surface area (Å²) < 4.78 is 5.25. The molecular weight excluding hydrogens is 180 g/mol. The van der Waals surface area contributed by atoms with E-state index in [-0.39, 0.29) is 12.0 Å². The van der Waals surface area contributed by atoms with Gasteiger partial charge in [-0.15, -0.1) is 0 Å². The van der Waals surface area contributed by atoms with Crippen molar-refractivity contribution in [2.75, 3.05) is 39.5 Å². The minimum atomic E-state index is -0.00168. The smallest absolute Gasteiger partial charge is 0.0608 e. The van der Waals surface area contributed by atoms with Crippen molar-refractivity contribution in [3.63, 3.8) is 0 Å². The van der Waals surface area contributed by atoms with Gasteiger partial charge in [-0.25, -0.2) is 5.01 Å². The Morgan fingerprint density at radius 1 is 1.43 bits per heavy atom. The van der Waals surface area contributed by atoms with Gasteiger partial charge in [-0.05, 0) is 6.42 Å². The SMILES string of the molecule is CCC(C)(CO)CNN1CCOCC1. The van der Waals surface area contributed by atoms with Crippen molar-refractivity contribution < 1.29 is 9.84 Å². The lowest BCUT2D eigenvalue weighted by molar-refractivity contribution is -0.000584. The first-order valence-electron chi connectivity index (χ1n) is 5.37. The van der Waals surface area contributed by atoms with Gasteiger partial charge in [0.2, 0.25) is 0 Å². The number of hydrogen-bond donors (Lipinski definition) is 2. The predicted octanol–water partition coefficient (Wildman–Crippen LogP) is 0.232. The van der Waals surface area contributed by atoms with Crippen LogP contribution < -0.4 is 5.43 Å². The van der Waals surface area contributed by atoms with Crippen LogP contribution >= 0.6 is 0 Å². The number of nitrogens with one attached hydrogen (secondary N) is 1. The fraction of sp³-hybridized carbons (Fsp3) is 1.00. The molecule has 1 fully saturated rings. The Labute approximate surface area is 86.2 Å². The van der Waals surface area contributed by atoms with Crippen LogP contribution in [-0.4, -0.2) is 49.6 Å². The van der Waals surface area contributed by atoms with E-state index in [0.29, 0.717) is 0 Å². The van der Waals surface area contributed by atoms with E-state index in [1.165, 1.54) is 0 Å². The van der Waals surface area contributed by atoms with E-state index in [2.05, 4.69) is 24.3 Å². The van der Waals surface area contributed by atoms with Crippen molar-refractivity contribution in [1.82, 2.24) is 10.4 Å².